The van der Waals surface area contributed by atoms with Gasteiger partial charge in [-0.1, -0.05) is 0 Å². The van der Waals surface area contributed by atoms with E-state index in [0.29, 0.717) is 0 Å². The molecule has 1 aromatic carbocycles. The molecule has 0 aliphatic heterocycles. The van der Waals surface area contributed by atoms with Crippen LogP contribution in [-0.2, 0) is 9.59 Å². The number of alkyl halides is 2. The molecule has 8 nitrogen and oxygen atoms in total. The van der Waals surface area contributed by atoms with Gasteiger partial charge in [-0.05, 0) is 18.2 Å². The number of methoxy groups -OCH3 is 1. The van der Waals surface area contributed by atoms with Crippen LogP contribution in [0.5, 0.6) is 11.5 Å². The number of nitrogens with two attached hydrogens (primary N) is 1. The maximum atomic E-state index is 12.2. The highest BCUT2D eigenvalue weighted by Gasteiger charge is 2.14. The monoisotopic (exact) mass is 331 g/mol. The smallest absolute Gasteiger partial charge is 0.387 e. The van der Waals surface area contributed by atoms with Gasteiger partial charge in [-0.15, -0.1) is 0 Å². The molecule has 1 aromatic rings. The van der Waals surface area contributed by atoms with Crippen LogP contribution in [0, 0.1) is 0 Å². The zero-order valence-corrected chi connectivity index (χ0v) is 12.1. The minimum atomic E-state index is -3.03. The van der Waals surface area contributed by atoms with Crippen LogP contribution >= 0.6 is 0 Å². The summed E-state index contributed by atoms with van der Waals surface area (Å²) in [5.74, 6) is -2.25. The number of rotatable bonds is 8. The Hall–Kier alpha value is -2.91. The van der Waals surface area contributed by atoms with E-state index in [9.17, 15) is 23.2 Å². The fraction of sp³-hybridized carbons (Fsp3) is 0.308. The lowest BCUT2D eigenvalue weighted by Crippen LogP contribution is -2.40. The van der Waals surface area contributed by atoms with E-state index in [1.54, 1.807) is 0 Å². The number of carbonyl (C=O) groups is 3. The molecule has 4 N–H and O–H groups in total. The Morgan fingerprint density at radius 2 is 1.87 bits per heavy atom. The molecule has 0 spiro atoms. The molecule has 0 heterocycles. The van der Waals surface area contributed by atoms with Crippen molar-refractivity contribution in [3.05, 3.63) is 23.8 Å². The maximum absolute atomic E-state index is 12.2. The lowest BCUT2D eigenvalue weighted by Gasteiger charge is -2.11. The van der Waals surface area contributed by atoms with E-state index in [2.05, 4.69) is 15.4 Å². The van der Waals surface area contributed by atoms with Crippen LogP contribution in [0.4, 0.5) is 8.78 Å². The Morgan fingerprint density at radius 1 is 1.17 bits per heavy atom. The number of primary amides is 1. The van der Waals surface area contributed by atoms with Crippen molar-refractivity contribution < 1.29 is 32.6 Å². The molecule has 0 saturated heterocycles. The van der Waals surface area contributed by atoms with E-state index >= 15 is 0 Å². The number of nitrogens with one attached hydrogen (secondary N) is 2. The molecular weight excluding hydrogens is 316 g/mol. The lowest BCUT2D eigenvalue weighted by atomic mass is 10.2. The number of ether oxygens (including phenoxy) is 2. The number of hydrogen-bond acceptors (Lipinski definition) is 5. The highest BCUT2D eigenvalue weighted by Crippen LogP contribution is 2.29. The Bertz CT molecular complexity index is 595. The van der Waals surface area contributed by atoms with Crippen LogP contribution in [0.1, 0.15) is 10.4 Å². The topological polar surface area (TPSA) is 120 Å². The predicted octanol–water partition coefficient (Wildman–Crippen LogP) is -0.372. The minimum absolute atomic E-state index is 0.0591. The molecule has 126 valence electrons. The van der Waals surface area contributed by atoms with Gasteiger partial charge in [-0.25, -0.2) is 0 Å². The molecule has 3 amide bonds. The quantitative estimate of drug-likeness (QED) is 0.600. The fourth-order valence-corrected chi connectivity index (χ4v) is 1.51. The van der Waals surface area contributed by atoms with Crippen molar-refractivity contribution in [3.8, 4) is 11.5 Å². The highest BCUT2D eigenvalue weighted by atomic mass is 19.3. The van der Waals surface area contributed by atoms with Crippen LogP contribution in [0.15, 0.2) is 18.2 Å². The number of hydrogen-bond donors (Lipinski definition) is 3. The summed E-state index contributed by atoms with van der Waals surface area (Å²) >= 11 is 0. The van der Waals surface area contributed by atoms with Crippen molar-refractivity contribution in [3.63, 3.8) is 0 Å². The summed E-state index contributed by atoms with van der Waals surface area (Å²) in [5.41, 5.74) is 4.92. The van der Waals surface area contributed by atoms with Crippen LogP contribution in [0.2, 0.25) is 0 Å². The van der Waals surface area contributed by atoms with Gasteiger partial charge in [0.2, 0.25) is 11.8 Å². The summed E-state index contributed by atoms with van der Waals surface area (Å²) in [7, 11) is 1.23. The van der Waals surface area contributed by atoms with E-state index in [-0.39, 0.29) is 30.2 Å². The van der Waals surface area contributed by atoms with E-state index in [4.69, 9.17) is 10.5 Å². The van der Waals surface area contributed by atoms with Gasteiger partial charge in [-0.2, -0.15) is 8.78 Å². The first-order valence-electron chi connectivity index (χ1n) is 6.29. The van der Waals surface area contributed by atoms with Crippen LogP contribution in [-0.4, -0.2) is 44.5 Å². The van der Waals surface area contributed by atoms with Gasteiger partial charge in [0.1, 0.15) is 0 Å². The largest absolute Gasteiger partial charge is 0.493 e. The number of carbonyl (C=O) groups excluding carboxylic acids is 3. The van der Waals surface area contributed by atoms with Crippen molar-refractivity contribution >= 4 is 17.7 Å². The van der Waals surface area contributed by atoms with Crippen LogP contribution in [0.3, 0.4) is 0 Å². The van der Waals surface area contributed by atoms with Crippen molar-refractivity contribution in [2.24, 2.45) is 5.73 Å². The number of amides is 3. The molecule has 0 saturated carbocycles. The average Bonchev–Trinajstić information content (AvgIpc) is 2.50. The molecule has 0 aliphatic rings. The minimum Gasteiger partial charge on any atom is -0.493 e. The van der Waals surface area contributed by atoms with Crippen molar-refractivity contribution in [2.45, 2.75) is 6.61 Å². The third kappa shape index (κ3) is 6.16. The van der Waals surface area contributed by atoms with Gasteiger partial charge in [0, 0.05) is 5.56 Å². The zero-order chi connectivity index (χ0) is 17.4. The molecule has 0 aromatic heterocycles. The van der Waals surface area contributed by atoms with Gasteiger partial charge in [-0.3, -0.25) is 14.4 Å². The fourth-order valence-electron chi connectivity index (χ4n) is 1.51. The number of benzene rings is 1. The van der Waals surface area contributed by atoms with E-state index in [0.717, 1.165) is 6.07 Å². The molecule has 0 fully saturated rings. The van der Waals surface area contributed by atoms with Crippen LogP contribution in [0.25, 0.3) is 0 Å². The Morgan fingerprint density at radius 3 is 2.43 bits per heavy atom. The average molecular weight is 331 g/mol. The summed E-state index contributed by atoms with van der Waals surface area (Å²) in [6.07, 6.45) is 0. The third-order valence-electron chi connectivity index (χ3n) is 2.51. The molecule has 0 aliphatic carbocycles. The highest BCUT2D eigenvalue weighted by molar-refractivity contribution is 5.97. The van der Waals surface area contributed by atoms with Gasteiger partial charge in [0.05, 0.1) is 20.2 Å². The number of halogens is 2. The first-order chi connectivity index (χ1) is 10.8. The SMILES string of the molecule is COc1cc(C(=O)NCC(=O)NCC(N)=O)ccc1OC(F)F. The molecule has 0 unspecified atom stereocenters. The van der Waals surface area contributed by atoms with Gasteiger partial charge < -0.3 is 25.8 Å². The summed E-state index contributed by atoms with van der Waals surface area (Å²) in [6.45, 7) is -3.76. The Kier molecular flexibility index (Phi) is 6.71. The lowest BCUT2D eigenvalue weighted by molar-refractivity contribution is -0.124. The first kappa shape index (κ1) is 18.1. The Balaban J connectivity index is 2.66. The van der Waals surface area contributed by atoms with Crippen LogP contribution < -0.4 is 25.8 Å². The second-order valence-corrected chi connectivity index (χ2v) is 4.17. The summed E-state index contributed by atoms with van der Waals surface area (Å²) in [5, 5.41) is 4.47. The predicted molar refractivity (Wildman–Crippen MR) is 74.2 cm³/mol. The first-order valence-corrected chi connectivity index (χ1v) is 6.29. The molecule has 1 rings (SSSR count). The normalized spacial score (nSPS) is 10.1. The van der Waals surface area contributed by atoms with E-state index in [1.165, 1.54) is 19.2 Å². The van der Waals surface area contributed by atoms with E-state index in [1.807, 2.05) is 0 Å². The third-order valence-corrected chi connectivity index (χ3v) is 2.51. The van der Waals surface area contributed by atoms with Gasteiger partial charge in [0.25, 0.3) is 5.91 Å². The van der Waals surface area contributed by atoms with Crippen molar-refractivity contribution in [2.75, 3.05) is 20.2 Å². The maximum Gasteiger partial charge on any atom is 0.387 e. The second-order valence-electron chi connectivity index (χ2n) is 4.17. The standard InChI is InChI=1S/C13H15F2N3O5/c1-22-9-4-7(2-3-8(9)23-13(14)15)12(21)18-6-11(20)17-5-10(16)19/h2-4,13H,5-6H2,1H3,(H2,16,19)(H,17,20)(H,18,21). The molecule has 0 atom stereocenters. The van der Waals surface area contributed by atoms with Crippen molar-refractivity contribution in [1.82, 2.24) is 10.6 Å². The van der Waals surface area contributed by atoms with Gasteiger partial charge >= 0.3 is 6.61 Å². The van der Waals surface area contributed by atoms with Crippen molar-refractivity contribution in [1.29, 1.82) is 0 Å². The molecule has 0 radical (unpaired) electrons. The molecular formula is C13H15F2N3O5. The molecule has 23 heavy (non-hydrogen) atoms. The summed E-state index contributed by atoms with van der Waals surface area (Å²) < 4.78 is 33.5. The zero-order valence-electron chi connectivity index (χ0n) is 12.1. The summed E-state index contributed by atoms with van der Waals surface area (Å²) in [6, 6.07) is 3.57. The molecule has 10 heteroatoms. The Labute approximate surface area is 129 Å². The second kappa shape index (κ2) is 8.51. The summed E-state index contributed by atoms with van der Waals surface area (Å²) in [4.78, 5) is 33.7. The van der Waals surface area contributed by atoms with E-state index < -0.39 is 24.3 Å². The molecule has 0 bridgehead atoms. The van der Waals surface area contributed by atoms with Gasteiger partial charge in [0.15, 0.2) is 11.5 Å².